The minimum atomic E-state index is 0. The summed E-state index contributed by atoms with van der Waals surface area (Å²) in [4.78, 5) is 0. The number of halogens is 2. The third-order valence-electron chi connectivity index (χ3n) is 4.92. The number of hydrogen-bond acceptors (Lipinski definition) is 0. The molecule has 0 fully saturated rings. The summed E-state index contributed by atoms with van der Waals surface area (Å²) in [6, 6.07) is 18.1. The first kappa shape index (κ1) is 30.3. The summed E-state index contributed by atoms with van der Waals surface area (Å²) in [6.45, 7) is 15.5. The van der Waals surface area contributed by atoms with Crippen LogP contribution in [0, 0.1) is 23.5 Å². The minimum Gasteiger partial charge on any atom is -1.00 e. The number of rotatable bonds is 1. The summed E-state index contributed by atoms with van der Waals surface area (Å²) in [5.74, 6) is 0.522. The average Bonchev–Trinajstić information content (AvgIpc) is 3.22. The summed E-state index contributed by atoms with van der Waals surface area (Å²) in [5, 5.41) is 0. The van der Waals surface area contributed by atoms with Crippen molar-refractivity contribution in [3.05, 3.63) is 83.0 Å². The molecular weight excluding hydrogens is 498 g/mol. The zero-order valence-corrected chi connectivity index (χ0v) is 23.8. The molecule has 0 aliphatic heterocycles. The van der Waals surface area contributed by atoms with Crippen LogP contribution in [0.25, 0.3) is 11.1 Å². The Labute approximate surface area is 217 Å². The van der Waals surface area contributed by atoms with E-state index in [0.29, 0.717) is 11.3 Å². The van der Waals surface area contributed by atoms with Crippen molar-refractivity contribution in [1.29, 1.82) is 0 Å². The minimum absolute atomic E-state index is 0. The first-order valence-electron chi connectivity index (χ1n) is 10.6. The molecule has 0 saturated carbocycles. The van der Waals surface area contributed by atoms with Crippen molar-refractivity contribution in [1.82, 2.24) is 0 Å². The SMILES string of the molecule is CCC1=[C-]C(C)C=C1C(C)(C)C.C[C](C)=[Zr+2].[Cl-].[Cl-].[c-]1cccc2c1Cc1ccccc1-2. The van der Waals surface area contributed by atoms with E-state index in [0.717, 1.165) is 12.8 Å². The maximum absolute atomic E-state index is 3.48. The van der Waals surface area contributed by atoms with Crippen LogP contribution in [0.1, 0.15) is 66.0 Å². The number of fused-ring (bicyclic) bond motifs is 3. The number of allylic oxidation sites excluding steroid dienone is 4. The summed E-state index contributed by atoms with van der Waals surface area (Å²) >= 11 is 1.55. The largest absolute Gasteiger partial charge is 1.00 e. The summed E-state index contributed by atoms with van der Waals surface area (Å²) in [5.41, 5.74) is 8.73. The summed E-state index contributed by atoms with van der Waals surface area (Å²) in [7, 11) is 0. The monoisotopic (exact) mass is 530 g/mol. The van der Waals surface area contributed by atoms with Crippen LogP contribution in [0.3, 0.4) is 0 Å². The van der Waals surface area contributed by atoms with Crippen LogP contribution in [-0.4, -0.2) is 3.21 Å². The molecule has 31 heavy (non-hydrogen) atoms. The van der Waals surface area contributed by atoms with Gasteiger partial charge in [0.2, 0.25) is 0 Å². The summed E-state index contributed by atoms with van der Waals surface area (Å²) in [6.07, 6.45) is 8.00. The smallest absolute Gasteiger partial charge is 0.0253 e. The molecule has 2 aromatic carbocycles. The van der Waals surface area contributed by atoms with Gasteiger partial charge in [0.25, 0.3) is 0 Å². The molecule has 2 aliphatic carbocycles. The number of benzene rings is 2. The van der Waals surface area contributed by atoms with E-state index in [1.54, 1.807) is 24.2 Å². The van der Waals surface area contributed by atoms with E-state index < -0.39 is 0 Å². The molecule has 1 unspecified atom stereocenters. The van der Waals surface area contributed by atoms with Gasteiger partial charge in [0.15, 0.2) is 0 Å². The Bertz CT molecular complexity index is 869. The molecule has 2 aromatic rings. The molecule has 0 N–H and O–H groups in total. The Morgan fingerprint density at radius 2 is 1.61 bits per heavy atom. The zero-order chi connectivity index (χ0) is 21.6. The van der Waals surface area contributed by atoms with Crippen molar-refractivity contribution >= 4 is 3.21 Å². The van der Waals surface area contributed by atoms with Crippen LogP contribution in [0.4, 0.5) is 0 Å². The van der Waals surface area contributed by atoms with Gasteiger partial charge in [-0.1, -0.05) is 87.8 Å². The van der Waals surface area contributed by atoms with Crippen LogP contribution in [-0.2, 0) is 30.7 Å². The first-order valence-corrected chi connectivity index (χ1v) is 11.8. The Morgan fingerprint density at radius 1 is 1.03 bits per heavy atom. The van der Waals surface area contributed by atoms with Gasteiger partial charge < -0.3 is 24.8 Å². The number of hydrogen-bond donors (Lipinski definition) is 0. The van der Waals surface area contributed by atoms with Gasteiger partial charge in [0, 0.05) is 0 Å². The van der Waals surface area contributed by atoms with Crippen molar-refractivity contribution in [2.75, 3.05) is 0 Å². The van der Waals surface area contributed by atoms with Crippen LogP contribution in [0.5, 0.6) is 0 Å². The van der Waals surface area contributed by atoms with Crippen LogP contribution < -0.4 is 24.8 Å². The van der Waals surface area contributed by atoms with Crippen LogP contribution in [0.2, 0.25) is 0 Å². The van der Waals surface area contributed by atoms with Crippen molar-refractivity contribution in [2.24, 2.45) is 11.3 Å². The molecule has 4 rings (SSSR count). The van der Waals surface area contributed by atoms with Gasteiger partial charge in [-0.25, -0.2) is 5.57 Å². The molecule has 0 radical (unpaired) electrons. The Kier molecular flexibility index (Phi) is 13.4. The van der Waals surface area contributed by atoms with Crippen LogP contribution in [0.15, 0.2) is 59.7 Å². The zero-order valence-electron chi connectivity index (χ0n) is 19.9. The molecule has 0 bridgehead atoms. The second-order valence-corrected chi connectivity index (χ2v) is 11.4. The van der Waals surface area contributed by atoms with Gasteiger partial charge in [-0.05, 0) is 6.42 Å². The molecule has 0 aromatic heterocycles. The van der Waals surface area contributed by atoms with E-state index in [4.69, 9.17) is 0 Å². The molecule has 0 saturated heterocycles. The van der Waals surface area contributed by atoms with E-state index in [2.05, 4.69) is 103 Å². The molecule has 0 spiro atoms. The molecule has 166 valence electrons. The third-order valence-corrected chi connectivity index (χ3v) is 4.92. The summed E-state index contributed by atoms with van der Waals surface area (Å²) < 4.78 is 1.51. The van der Waals surface area contributed by atoms with Gasteiger partial charge >= 0.3 is 41.3 Å². The van der Waals surface area contributed by atoms with Gasteiger partial charge in [-0.3, -0.25) is 6.08 Å². The molecule has 1 atom stereocenters. The van der Waals surface area contributed by atoms with Gasteiger partial charge in [0.1, 0.15) is 0 Å². The molecule has 2 aliphatic rings. The Morgan fingerprint density at radius 3 is 2.16 bits per heavy atom. The molecule has 0 nitrogen and oxygen atoms in total. The predicted octanol–water partition coefficient (Wildman–Crippen LogP) is 1.56. The normalized spacial score (nSPS) is 15.3. The predicted molar refractivity (Wildman–Crippen MR) is 124 cm³/mol. The molecular formula is C28H34Cl2Zr-2. The van der Waals surface area contributed by atoms with Gasteiger partial charge in [-0.2, -0.15) is 41.5 Å². The van der Waals surface area contributed by atoms with Crippen molar-refractivity contribution in [3.8, 4) is 11.1 Å². The second kappa shape index (κ2) is 13.7. The van der Waals surface area contributed by atoms with Crippen molar-refractivity contribution in [2.45, 2.75) is 61.3 Å². The van der Waals surface area contributed by atoms with E-state index in [-0.39, 0.29) is 24.8 Å². The molecule has 0 amide bonds. The Hall–Kier alpha value is -0.747. The molecule has 3 heteroatoms. The average molecular weight is 533 g/mol. The third kappa shape index (κ3) is 8.96. The van der Waals surface area contributed by atoms with E-state index >= 15 is 0 Å². The van der Waals surface area contributed by atoms with Crippen molar-refractivity contribution in [3.63, 3.8) is 0 Å². The van der Waals surface area contributed by atoms with E-state index in [9.17, 15) is 0 Å². The standard InChI is InChI=1S/C13H9.C12H19.C3H6.2ClH.Zr/c1-3-7-12-10(5-1)9-11-6-2-4-8-13(11)12;1-6-10-7-9(2)8-11(10)12(3,4)5;1-3-2;;;/h1-5,7-8H,9H2;8-9H,6H2,1-5H3;1-2H3;2*1H;/q2*-1;;;;+2/p-2. The quantitative estimate of drug-likeness (QED) is 0.418. The molecule has 0 heterocycles. The van der Waals surface area contributed by atoms with Gasteiger partial charge in [0.05, 0.1) is 0 Å². The topological polar surface area (TPSA) is 0 Å². The van der Waals surface area contributed by atoms with Crippen LogP contribution >= 0.6 is 0 Å². The second-order valence-electron chi connectivity index (χ2n) is 8.99. The van der Waals surface area contributed by atoms with E-state index in [1.807, 2.05) is 6.07 Å². The first-order chi connectivity index (χ1) is 13.6. The fourth-order valence-electron chi connectivity index (χ4n) is 3.74. The van der Waals surface area contributed by atoms with Crippen molar-refractivity contribution < 1.29 is 49.0 Å². The fraction of sp³-hybridized carbons (Fsp3) is 0.393. The fourth-order valence-corrected chi connectivity index (χ4v) is 3.74. The maximum Gasteiger partial charge on any atom is -0.0253 e. The van der Waals surface area contributed by atoms with E-state index in [1.165, 1.54) is 36.6 Å². The van der Waals surface area contributed by atoms with Gasteiger partial charge in [-0.15, -0.1) is 5.56 Å². The maximum atomic E-state index is 3.48. The Balaban J connectivity index is 0.000000473.